The number of carbonyl (C=O) groups excluding carboxylic acids is 2. The van der Waals surface area contributed by atoms with Crippen LogP contribution in [-0.2, 0) is 4.79 Å². The lowest BCUT2D eigenvalue weighted by Gasteiger charge is -2.16. The first-order chi connectivity index (χ1) is 9.42. The summed E-state index contributed by atoms with van der Waals surface area (Å²) in [7, 11) is 0. The average Bonchev–Trinajstić information content (AvgIpc) is 2.41. The van der Waals surface area contributed by atoms with E-state index in [1.165, 1.54) is 19.1 Å². The van der Waals surface area contributed by atoms with Crippen molar-refractivity contribution in [3.8, 4) is 0 Å². The molecule has 1 aromatic rings. The van der Waals surface area contributed by atoms with Crippen LogP contribution in [0.4, 0.5) is 11.4 Å². The van der Waals surface area contributed by atoms with Crippen LogP contribution < -0.4 is 5.73 Å². The second kappa shape index (κ2) is 6.62. The third-order valence-electron chi connectivity index (χ3n) is 2.75. The molecule has 1 aromatic carbocycles. The molecule has 0 fully saturated rings. The van der Waals surface area contributed by atoms with Crippen LogP contribution in [-0.4, -0.2) is 40.4 Å². The first-order valence-corrected chi connectivity index (χ1v) is 5.84. The minimum Gasteiger partial charge on any atom is -0.396 e. The fourth-order valence-electron chi connectivity index (χ4n) is 1.70. The summed E-state index contributed by atoms with van der Waals surface area (Å²) in [6.45, 7) is 1.43. The number of anilines is 1. The number of aliphatic hydroxyl groups is 1. The van der Waals surface area contributed by atoms with Gasteiger partial charge in [-0.2, -0.15) is 0 Å². The van der Waals surface area contributed by atoms with Gasteiger partial charge in [-0.3, -0.25) is 24.6 Å². The van der Waals surface area contributed by atoms with Gasteiger partial charge in [0.15, 0.2) is 0 Å². The van der Waals surface area contributed by atoms with Crippen molar-refractivity contribution in [1.29, 1.82) is 0 Å². The number of nitrogens with zero attached hydrogens (tertiary/aromatic N) is 2. The predicted octanol–water partition coefficient (Wildman–Crippen LogP) is 0.466. The number of hydrogen-bond acceptors (Lipinski definition) is 6. The second-order valence-electron chi connectivity index (χ2n) is 4.16. The zero-order valence-electron chi connectivity index (χ0n) is 10.9. The van der Waals surface area contributed by atoms with E-state index in [1.807, 2.05) is 0 Å². The zero-order valence-corrected chi connectivity index (χ0v) is 10.9. The fraction of sp³-hybridized carbons (Fsp3) is 0.333. The first kappa shape index (κ1) is 15.6. The molecule has 0 bridgehead atoms. The summed E-state index contributed by atoms with van der Waals surface area (Å²) in [5.74, 6) is -0.604. The maximum atomic E-state index is 12.1. The fourth-order valence-corrected chi connectivity index (χ4v) is 1.70. The van der Waals surface area contributed by atoms with Crippen molar-refractivity contribution in [1.82, 2.24) is 4.90 Å². The van der Waals surface area contributed by atoms with Gasteiger partial charge in [-0.1, -0.05) is 0 Å². The van der Waals surface area contributed by atoms with Crippen molar-refractivity contribution in [3.63, 3.8) is 0 Å². The number of imide groups is 1. The quantitative estimate of drug-likeness (QED) is 0.337. The number of aryl methyl sites for hydroxylation is 1. The topological polar surface area (TPSA) is 127 Å². The number of rotatable bonds is 6. The molecule has 0 aliphatic heterocycles. The van der Waals surface area contributed by atoms with Crippen molar-refractivity contribution >= 4 is 23.7 Å². The molecule has 0 unspecified atom stereocenters. The molecule has 0 spiro atoms. The van der Waals surface area contributed by atoms with Crippen LogP contribution in [0.3, 0.4) is 0 Å². The summed E-state index contributed by atoms with van der Waals surface area (Å²) in [5.41, 5.74) is 5.58. The molecule has 0 saturated carbocycles. The van der Waals surface area contributed by atoms with Gasteiger partial charge in [0.05, 0.1) is 4.92 Å². The van der Waals surface area contributed by atoms with Crippen LogP contribution in [0.25, 0.3) is 0 Å². The van der Waals surface area contributed by atoms with E-state index in [1.54, 1.807) is 0 Å². The highest BCUT2D eigenvalue weighted by molar-refractivity contribution is 6.02. The number of nitrogen functional groups attached to an aromatic ring is 1. The third kappa shape index (κ3) is 3.29. The Hall–Kier alpha value is -2.48. The molecule has 20 heavy (non-hydrogen) atoms. The molecular formula is C12H15N3O5. The summed E-state index contributed by atoms with van der Waals surface area (Å²) in [4.78, 5) is 34.0. The molecule has 2 amide bonds. The number of nitro groups is 1. The molecular weight excluding hydrogens is 266 g/mol. The van der Waals surface area contributed by atoms with Gasteiger partial charge in [-0.15, -0.1) is 0 Å². The largest absolute Gasteiger partial charge is 0.396 e. The van der Waals surface area contributed by atoms with Crippen LogP contribution in [0.5, 0.6) is 0 Å². The normalized spacial score (nSPS) is 10.1. The highest BCUT2D eigenvalue weighted by Crippen LogP contribution is 2.26. The van der Waals surface area contributed by atoms with Gasteiger partial charge in [0, 0.05) is 24.8 Å². The summed E-state index contributed by atoms with van der Waals surface area (Å²) < 4.78 is 0. The van der Waals surface area contributed by atoms with Gasteiger partial charge in [0.25, 0.3) is 11.6 Å². The summed E-state index contributed by atoms with van der Waals surface area (Å²) in [6.07, 6.45) is 0.612. The van der Waals surface area contributed by atoms with E-state index in [0.29, 0.717) is 12.0 Å². The van der Waals surface area contributed by atoms with Gasteiger partial charge < -0.3 is 10.8 Å². The molecule has 0 aliphatic rings. The zero-order chi connectivity index (χ0) is 15.3. The van der Waals surface area contributed by atoms with E-state index in [2.05, 4.69) is 0 Å². The highest BCUT2D eigenvalue weighted by Gasteiger charge is 2.21. The van der Waals surface area contributed by atoms with Gasteiger partial charge in [0.1, 0.15) is 5.69 Å². The van der Waals surface area contributed by atoms with Crippen molar-refractivity contribution in [2.75, 3.05) is 18.9 Å². The SMILES string of the molecule is Cc1cc([N+](=O)[O-])c(N)cc1C(=O)N(C=O)CCCO. The number of aliphatic hydroxyl groups excluding tert-OH is 1. The maximum absolute atomic E-state index is 12.1. The Morgan fingerprint density at radius 1 is 1.55 bits per heavy atom. The number of benzene rings is 1. The minimum absolute atomic E-state index is 0.0646. The van der Waals surface area contributed by atoms with Crippen molar-refractivity contribution < 1.29 is 19.6 Å². The van der Waals surface area contributed by atoms with E-state index in [9.17, 15) is 19.7 Å². The predicted molar refractivity (Wildman–Crippen MR) is 71.0 cm³/mol. The van der Waals surface area contributed by atoms with E-state index < -0.39 is 10.8 Å². The Bertz CT molecular complexity index is 544. The number of amides is 2. The Kier molecular flexibility index (Phi) is 5.15. The molecule has 0 radical (unpaired) electrons. The number of carbonyl (C=O) groups is 2. The van der Waals surface area contributed by atoms with E-state index in [-0.39, 0.29) is 36.5 Å². The molecule has 8 nitrogen and oxygen atoms in total. The van der Waals surface area contributed by atoms with Gasteiger partial charge in [-0.25, -0.2) is 0 Å². The Morgan fingerprint density at radius 3 is 2.70 bits per heavy atom. The standard InChI is InChI=1S/C12H15N3O5/c1-8-5-11(15(19)20)10(13)6-9(8)12(18)14(7-17)3-2-4-16/h5-7,16H,2-4,13H2,1H3. The average molecular weight is 281 g/mol. The molecule has 1 rings (SSSR count). The lowest BCUT2D eigenvalue weighted by atomic mass is 10.1. The minimum atomic E-state index is -0.639. The summed E-state index contributed by atoms with van der Waals surface area (Å²) in [5, 5.41) is 19.4. The molecule has 0 heterocycles. The second-order valence-corrected chi connectivity index (χ2v) is 4.16. The monoisotopic (exact) mass is 281 g/mol. The number of nitrogens with two attached hydrogens (primary N) is 1. The Labute approximate surface area is 114 Å². The lowest BCUT2D eigenvalue weighted by molar-refractivity contribution is -0.383. The molecule has 8 heteroatoms. The molecule has 0 atom stereocenters. The number of hydrogen-bond donors (Lipinski definition) is 2. The molecule has 0 saturated heterocycles. The van der Waals surface area contributed by atoms with Crippen LogP contribution in [0.15, 0.2) is 12.1 Å². The summed E-state index contributed by atoms with van der Waals surface area (Å²) in [6, 6.07) is 2.38. The lowest BCUT2D eigenvalue weighted by Crippen LogP contribution is -2.31. The van der Waals surface area contributed by atoms with Gasteiger partial charge in [-0.05, 0) is 25.0 Å². The third-order valence-corrected chi connectivity index (χ3v) is 2.75. The Balaban J connectivity index is 3.12. The van der Waals surface area contributed by atoms with E-state index >= 15 is 0 Å². The van der Waals surface area contributed by atoms with Crippen LogP contribution in [0.1, 0.15) is 22.3 Å². The van der Waals surface area contributed by atoms with Crippen molar-refractivity contribution in [2.24, 2.45) is 0 Å². The van der Waals surface area contributed by atoms with Crippen LogP contribution >= 0.6 is 0 Å². The first-order valence-electron chi connectivity index (χ1n) is 5.84. The Morgan fingerprint density at radius 2 is 2.20 bits per heavy atom. The number of nitro benzene ring substituents is 1. The van der Waals surface area contributed by atoms with Gasteiger partial charge in [0.2, 0.25) is 6.41 Å². The van der Waals surface area contributed by atoms with E-state index in [0.717, 1.165) is 4.90 Å². The maximum Gasteiger partial charge on any atom is 0.292 e. The van der Waals surface area contributed by atoms with Crippen LogP contribution in [0, 0.1) is 17.0 Å². The van der Waals surface area contributed by atoms with Crippen molar-refractivity contribution in [2.45, 2.75) is 13.3 Å². The smallest absolute Gasteiger partial charge is 0.292 e. The highest BCUT2D eigenvalue weighted by atomic mass is 16.6. The molecule has 0 aliphatic carbocycles. The molecule has 0 aromatic heterocycles. The van der Waals surface area contributed by atoms with Crippen LogP contribution in [0.2, 0.25) is 0 Å². The molecule has 108 valence electrons. The van der Waals surface area contributed by atoms with Crippen molar-refractivity contribution in [3.05, 3.63) is 33.4 Å². The summed E-state index contributed by atoms with van der Waals surface area (Å²) >= 11 is 0. The van der Waals surface area contributed by atoms with E-state index in [4.69, 9.17) is 10.8 Å². The van der Waals surface area contributed by atoms with Gasteiger partial charge >= 0.3 is 0 Å². The molecule has 3 N–H and O–H groups in total.